The van der Waals surface area contributed by atoms with Crippen LogP contribution < -0.4 is 20.1 Å². The number of alkyl halides is 3. The molecule has 3 N–H and O–H groups in total. The highest BCUT2D eigenvalue weighted by molar-refractivity contribution is 5.89. The number of halogens is 3. The van der Waals surface area contributed by atoms with E-state index in [9.17, 15) is 18.0 Å². The van der Waals surface area contributed by atoms with E-state index in [0.717, 1.165) is 86.1 Å². The van der Waals surface area contributed by atoms with Crippen LogP contribution in [0.5, 0.6) is 11.5 Å². The molecule has 0 aliphatic carbocycles. The molecular weight excluding hydrogens is 675 g/mol. The van der Waals surface area contributed by atoms with Crippen molar-refractivity contribution < 1.29 is 37.3 Å². The topological polar surface area (TPSA) is 107 Å². The van der Waals surface area contributed by atoms with Gasteiger partial charge in [-0.3, -0.25) is 0 Å². The Morgan fingerprint density at radius 2 is 1.44 bits per heavy atom. The number of urea groups is 1. The Morgan fingerprint density at radius 1 is 0.788 bits per heavy atom. The van der Waals surface area contributed by atoms with Crippen LogP contribution in [0.1, 0.15) is 23.1 Å². The van der Waals surface area contributed by atoms with Gasteiger partial charge in [0.2, 0.25) is 6.79 Å². The fourth-order valence-electron chi connectivity index (χ4n) is 5.82. The number of benzene rings is 4. The van der Waals surface area contributed by atoms with Crippen molar-refractivity contribution in [3.63, 3.8) is 0 Å². The van der Waals surface area contributed by atoms with Gasteiger partial charge in [-0.2, -0.15) is 13.2 Å². The highest BCUT2D eigenvalue weighted by Crippen LogP contribution is 2.32. The molecule has 52 heavy (non-hydrogen) atoms. The number of hydrogen-bond acceptors (Lipinski definition) is 7. The number of likely N-dealkylation sites (N-methyl/N-ethyl adjacent to an activating group) is 1. The number of carbonyl (C=O) groups is 2. The molecule has 1 fully saturated rings. The number of aliphatic carboxylic acids is 1. The molecule has 2 heterocycles. The van der Waals surface area contributed by atoms with Crippen molar-refractivity contribution in [2.75, 3.05) is 58.4 Å². The molecule has 2 aliphatic heterocycles. The number of nitrogens with one attached hydrogen (secondary N) is 2. The second-order valence-electron chi connectivity index (χ2n) is 12.7. The molecule has 0 atom stereocenters. The number of anilines is 1. The van der Waals surface area contributed by atoms with E-state index >= 15 is 0 Å². The number of carboxylic acid groups (broad SMARTS) is 1. The fourth-order valence-corrected chi connectivity index (χ4v) is 5.82. The average Bonchev–Trinajstić information content (AvgIpc) is 3.61. The number of rotatable bonds is 12. The van der Waals surface area contributed by atoms with Gasteiger partial charge < -0.3 is 39.9 Å². The fraction of sp³-hybridized carbons (Fsp3) is 0.333. The Kier molecular flexibility index (Phi) is 13.5. The maximum absolute atomic E-state index is 13.4. The summed E-state index contributed by atoms with van der Waals surface area (Å²) in [7, 11) is 2.18. The third-order valence-corrected chi connectivity index (χ3v) is 8.74. The molecule has 0 spiro atoms. The average molecular weight is 720 g/mol. The lowest BCUT2D eigenvalue weighted by Crippen LogP contribution is -2.45. The van der Waals surface area contributed by atoms with Crippen molar-refractivity contribution in [2.45, 2.75) is 32.2 Å². The Labute approximate surface area is 301 Å². The number of fused-ring (bicyclic) bond motifs is 1. The third kappa shape index (κ3) is 11.7. The minimum Gasteiger partial charge on any atom is -0.475 e. The summed E-state index contributed by atoms with van der Waals surface area (Å²) in [5.74, 6) is -1.14. The number of piperazine rings is 1. The van der Waals surface area contributed by atoms with Crippen molar-refractivity contribution >= 4 is 17.7 Å². The van der Waals surface area contributed by atoms with Gasteiger partial charge in [-0.1, -0.05) is 66.7 Å². The summed E-state index contributed by atoms with van der Waals surface area (Å²) in [5.41, 5.74) is 6.65. The molecule has 1 saturated heterocycles. The zero-order chi connectivity index (χ0) is 36.9. The van der Waals surface area contributed by atoms with E-state index in [1.165, 1.54) is 11.1 Å². The summed E-state index contributed by atoms with van der Waals surface area (Å²) in [4.78, 5) is 29.1. The second kappa shape index (κ2) is 18.4. The number of amides is 2. The van der Waals surface area contributed by atoms with Gasteiger partial charge >= 0.3 is 18.2 Å². The first-order valence-electron chi connectivity index (χ1n) is 17.1. The summed E-state index contributed by atoms with van der Waals surface area (Å²) in [6.45, 7) is 8.45. The van der Waals surface area contributed by atoms with Crippen molar-refractivity contribution in [2.24, 2.45) is 0 Å². The quantitative estimate of drug-likeness (QED) is 0.149. The van der Waals surface area contributed by atoms with Crippen molar-refractivity contribution in [3.05, 3.63) is 114 Å². The van der Waals surface area contributed by atoms with Crippen LogP contribution in [0.15, 0.2) is 97.1 Å². The number of para-hydroxylation sites is 1. The summed E-state index contributed by atoms with van der Waals surface area (Å²) in [5, 5.41) is 13.8. The van der Waals surface area contributed by atoms with Gasteiger partial charge in [-0.05, 0) is 78.2 Å². The normalized spacial score (nSPS) is 14.3. The first-order valence-corrected chi connectivity index (χ1v) is 17.1. The van der Waals surface area contributed by atoms with Crippen molar-refractivity contribution in [1.29, 1.82) is 0 Å². The van der Waals surface area contributed by atoms with E-state index in [2.05, 4.69) is 82.1 Å². The minimum atomic E-state index is -5.08. The second-order valence-corrected chi connectivity index (χ2v) is 12.7. The van der Waals surface area contributed by atoms with Crippen molar-refractivity contribution in [3.8, 4) is 22.6 Å². The van der Waals surface area contributed by atoms with Crippen LogP contribution in [0.25, 0.3) is 11.1 Å². The number of ether oxygens (including phenoxy) is 2. The van der Waals surface area contributed by atoms with Crippen molar-refractivity contribution in [1.82, 2.24) is 20.0 Å². The van der Waals surface area contributed by atoms with Gasteiger partial charge in [-0.25, -0.2) is 9.59 Å². The molecule has 276 valence electrons. The van der Waals surface area contributed by atoms with Crippen LogP contribution >= 0.6 is 0 Å². The molecule has 6 rings (SSSR count). The molecule has 2 aliphatic rings. The van der Waals surface area contributed by atoms with Gasteiger partial charge in [0, 0.05) is 58.0 Å². The van der Waals surface area contributed by atoms with E-state index in [1.807, 2.05) is 47.4 Å². The lowest BCUT2D eigenvalue weighted by Gasteiger charge is -2.33. The Morgan fingerprint density at radius 3 is 2.13 bits per heavy atom. The lowest BCUT2D eigenvalue weighted by atomic mass is 10.0. The third-order valence-electron chi connectivity index (χ3n) is 8.74. The SMILES string of the molecule is CN1CCN(CCCN(Cc2ccc(-c3cccc(CNCc4ccc5c(c4)OCO5)c3)cc2)C(=O)Nc2ccccc2)CC1.O=C(O)C(F)(F)F. The maximum atomic E-state index is 13.4. The molecule has 4 aromatic rings. The van der Waals surface area contributed by atoms with Gasteiger partial charge in [0.15, 0.2) is 11.5 Å². The van der Waals surface area contributed by atoms with Gasteiger partial charge in [0.25, 0.3) is 0 Å². The smallest absolute Gasteiger partial charge is 0.475 e. The molecular formula is C39H44F3N5O5. The summed E-state index contributed by atoms with van der Waals surface area (Å²) >= 11 is 0. The molecule has 0 aromatic heterocycles. The van der Waals surface area contributed by atoms with Gasteiger partial charge in [-0.15, -0.1) is 0 Å². The maximum Gasteiger partial charge on any atom is 0.490 e. The van der Waals surface area contributed by atoms with Crippen LogP contribution in [0, 0.1) is 0 Å². The van der Waals surface area contributed by atoms with E-state index in [4.69, 9.17) is 19.4 Å². The Bertz CT molecular complexity index is 1750. The highest BCUT2D eigenvalue weighted by atomic mass is 19.4. The van der Waals surface area contributed by atoms with Crippen LogP contribution in [0.2, 0.25) is 0 Å². The van der Waals surface area contributed by atoms with Gasteiger partial charge in [0.05, 0.1) is 0 Å². The molecule has 4 aromatic carbocycles. The molecule has 13 heteroatoms. The number of carbonyl (C=O) groups excluding carboxylic acids is 1. The molecule has 0 bridgehead atoms. The number of carboxylic acids is 1. The first-order chi connectivity index (χ1) is 25.0. The minimum absolute atomic E-state index is 0.0652. The van der Waals surface area contributed by atoms with Gasteiger partial charge in [0.1, 0.15) is 0 Å². The Balaban J connectivity index is 0.000000679. The number of nitrogens with zero attached hydrogens (tertiary/aromatic N) is 3. The standard InChI is InChI=1S/C37H43N5O3.C2HF3O2/c1-40-19-21-41(22-20-40)17-6-18-42(37(43)39-34-9-3-2-4-10-34)27-29-11-14-32(15-12-29)33-8-5-7-30(23-33)25-38-26-31-13-16-35-36(24-31)45-28-44-35;3-2(4,5)1(6)7/h2-5,7-16,23-24,38H,6,17-22,25-28H2,1H3,(H,39,43);(H,6,7). The van der Waals surface area contributed by atoms with Crippen LogP contribution in [0.4, 0.5) is 23.7 Å². The lowest BCUT2D eigenvalue weighted by molar-refractivity contribution is -0.192. The molecule has 0 unspecified atom stereocenters. The highest BCUT2D eigenvalue weighted by Gasteiger charge is 2.38. The van der Waals surface area contributed by atoms with E-state index in [-0.39, 0.29) is 6.03 Å². The van der Waals surface area contributed by atoms with E-state index in [1.54, 1.807) is 0 Å². The number of hydrogen-bond donors (Lipinski definition) is 3. The molecule has 0 saturated carbocycles. The molecule has 0 radical (unpaired) electrons. The van der Waals surface area contributed by atoms with Crippen LogP contribution in [-0.2, 0) is 24.4 Å². The van der Waals surface area contributed by atoms with Crippen LogP contribution in [0.3, 0.4) is 0 Å². The molecule has 10 nitrogen and oxygen atoms in total. The summed E-state index contributed by atoms with van der Waals surface area (Å²) < 4.78 is 42.7. The summed E-state index contributed by atoms with van der Waals surface area (Å²) in [6.07, 6.45) is -4.14. The molecule has 2 amide bonds. The summed E-state index contributed by atoms with van der Waals surface area (Å²) in [6, 6.07) is 32.9. The van der Waals surface area contributed by atoms with Crippen LogP contribution in [-0.4, -0.2) is 91.1 Å². The zero-order valence-electron chi connectivity index (χ0n) is 29.1. The van der Waals surface area contributed by atoms with E-state index < -0.39 is 12.1 Å². The predicted molar refractivity (Wildman–Crippen MR) is 193 cm³/mol. The zero-order valence-corrected chi connectivity index (χ0v) is 29.1. The monoisotopic (exact) mass is 719 g/mol. The first kappa shape index (κ1) is 38.1. The largest absolute Gasteiger partial charge is 0.490 e. The van der Waals surface area contributed by atoms with E-state index in [0.29, 0.717) is 19.9 Å². The predicted octanol–water partition coefficient (Wildman–Crippen LogP) is 6.68. The Hall–Kier alpha value is -5.11.